The van der Waals surface area contributed by atoms with Gasteiger partial charge >= 0.3 is 0 Å². The Balaban J connectivity index is 1.72. The van der Waals surface area contributed by atoms with Gasteiger partial charge in [0.2, 0.25) is 0 Å². The van der Waals surface area contributed by atoms with Gasteiger partial charge in [-0.25, -0.2) is 9.97 Å². The highest BCUT2D eigenvalue weighted by Gasteiger charge is 2.20. The van der Waals surface area contributed by atoms with Crippen LogP contribution in [0.4, 0.5) is 0 Å². The standard InChI is InChI=1S/C32H40Br2N2S2/c1-5-9-11-21(7-3)19-23-13-17-27(37-23)31-32(36-30-26(34)16-15-25(33)29(30)35-31)28-18-14-24(38-28)20-22(8-4)12-10-6-2/h13-18,21-22H,5-12,19-20H2,1-4H3. The molecule has 0 fully saturated rings. The number of rotatable bonds is 14. The van der Waals surface area contributed by atoms with Crippen LogP contribution in [0.25, 0.3) is 32.2 Å². The minimum Gasteiger partial charge on any atom is -0.242 e. The van der Waals surface area contributed by atoms with Gasteiger partial charge in [0.1, 0.15) is 22.4 Å². The predicted molar refractivity (Wildman–Crippen MR) is 176 cm³/mol. The first kappa shape index (κ1) is 29.9. The largest absolute Gasteiger partial charge is 0.242 e. The Morgan fingerprint density at radius 2 is 1.05 bits per heavy atom. The van der Waals surface area contributed by atoms with Crippen LogP contribution in [0, 0.1) is 11.8 Å². The second-order valence-electron chi connectivity index (χ2n) is 10.4. The molecular formula is C32H40Br2N2S2. The summed E-state index contributed by atoms with van der Waals surface area (Å²) in [5.41, 5.74) is 3.82. The molecule has 2 atom stereocenters. The van der Waals surface area contributed by atoms with E-state index in [2.05, 4.69) is 96.0 Å². The van der Waals surface area contributed by atoms with Crippen LogP contribution in [0.3, 0.4) is 0 Å². The van der Waals surface area contributed by atoms with E-state index in [4.69, 9.17) is 9.97 Å². The van der Waals surface area contributed by atoms with Crippen molar-refractivity contribution in [3.8, 4) is 21.1 Å². The highest BCUT2D eigenvalue weighted by molar-refractivity contribution is 9.11. The zero-order chi connectivity index (χ0) is 27.1. The molecule has 4 rings (SSSR count). The number of halogens is 2. The van der Waals surface area contributed by atoms with E-state index in [0.717, 1.165) is 56.0 Å². The van der Waals surface area contributed by atoms with E-state index >= 15 is 0 Å². The van der Waals surface area contributed by atoms with Crippen molar-refractivity contribution in [2.45, 2.75) is 91.9 Å². The van der Waals surface area contributed by atoms with Crippen molar-refractivity contribution in [1.29, 1.82) is 0 Å². The Bertz CT molecular complexity index is 1230. The molecule has 4 aromatic rings. The maximum atomic E-state index is 5.25. The van der Waals surface area contributed by atoms with Crippen LogP contribution in [-0.4, -0.2) is 9.97 Å². The average molecular weight is 677 g/mol. The quantitative estimate of drug-likeness (QED) is 0.133. The molecule has 0 N–H and O–H groups in total. The molecular weight excluding hydrogens is 636 g/mol. The number of benzene rings is 1. The van der Waals surface area contributed by atoms with E-state index in [1.165, 1.54) is 70.9 Å². The fraction of sp³-hybridized carbons (Fsp3) is 0.500. The summed E-state index contributed by atoms with van der Waals surface area (Å²) in [6.07, 6.45) is 12.6. The molecule has 0 spiro atoms. The molecule has 2 unspecified atom stereocenters. The van der Waals surface area contributed by atoms with Crippen LogP contribution >= 0.6 is 54.5 Å². The van der Waals surface area contributed by atoms with Gasteiger partial charge in [-0.15, -0.1) is 22.7 Å². The second kappa shape index (κ2) is 14.5. The number of hydrogen-bond acceptors (Lipinski definition) is 4. The fourth-order valence-electron chi connectivity index (χ4n) is 5.10. The molecule has 1 aromatic carbocycles. The Labute approximate surface area is 254 Å². The van der Waals surface area contributed by atoms with Crippen LogP contribution in [0.15, 0.2) is 45.3 Å². The van der Waals surface area contributed by atoms with Crippen LogP contribution < -0.4 is 0 Å². The summed E-state index contributed by atoms with van der Waals surface area (Å²) in [4.78, 5) is 15.8. The predicted octanol–water partition coefficient (Wildman–Crippen LogP) is 12.1. The summed E-state index contributed by atoms with van der Waals surface area (Å²) in [7, 11) is 0. The smallest absolute Gasteiger partial charge is 0.108 e. The van der Waals surface area contributed by atoms with Crippen LogP contribution in [-0.2, 0) is 12.8 Å². The van der Waals surface area contributed by atoms with E-state index in [1.54, 1.807) is 0 Å². The van der Waals surface area contributed by atoms with Gasteiger partial charge in [0.15, 0.2) is 0 Å². The Morgan fingerprint density at radius 1 is 0.632 bits per heavy atom. The summed E-state index contributed by atoms with van der Waals surface area (Å²) < 4.78 is 1.96. The zero-order valence-electron chi connectivity index (χ0n) is 23.2. The van der Waals surface area contributed by atoms with Gasteiger partial charge in [-0.05, 0) is 92.9 Å². The Morgan fingerprint density at radius 3 is 1.42 bits per heavy atom. The first-order valence-electron chi connectivity index (χ1n) is 14.3. The van der Waals surface area contributed by atoms with Crippen molar-refractivity contribution in [2.24, 2.45) is 11.8 Å². The lowest BCUT2D eigenvalue weighted by atomic mass is 9.95. The molecule has 6 heteroatoms. The van der Waals surface area contributed by atoms with Crippen LogP contribution in [0.5, 0.6) is 0 Å². The second-order valence-corrected chi connectivity index (χ2v) is 14.5. The molecule has 0 aliphatic rings. The van der Waals surface area contributed by atoms with Gasteiger partial charge in [-0.2, -0.15) is 0 Å². The molecule has 0 aliphatic heterocycles. The number of fused-ring (bicyclic) bond motifs is 1. The minimum atomic E-state index is 0.757. The summed E-state index contributed by atoms with van der Waals surface area (Å²) in [5, 5.41) is 0. The van der Waals surface area contributed by atoms with Crippen molar-refractivity contribution < 1.29 is 0 Å². The van der Waals surface area contributed by atoms with Crippen molar-refractivity contribution in [3.05, 3.63) is 55.1 Å². The summed E-state index contributed by atoms with van der Waals surface area (Å²) >= 11 is 11.3. The molecule has 0 amide bonds. The third-order valence-electron chi connectivity index (χ3n) is 7.58. The Hall–Kier alpha value is -1.08. The number of unbranched alkanes of at least 4 members (excludes halogenated alkanes) is 2. The number of thiophene rings is 2. The third kappa shape index (κ3) is 7.35. The van der Waals surface area contributed by atoms with E-state index in [-0.39, 0.29) is 0 Å². The van der Waals surface area contributed by atoms with E-state index in [0.29, 0.717) is 0 Å². The maximum Gasteiger partial charge on any atom is 0.108 e. The van der Waals surface area contributed by atoms with Crippen molar-refractivity contribution in [1.82, 2.24) is 9.97 Å². The van der Waals surface area contributed by atoms with Crippen molar-refractivity contribution in [2.75, 3.05) is 0 Å². The van der Waals surface area contributed by atoms with E-state index in [9.17, 15) is 0 Å². The number of aromatic nitrogens is 2. The molecule has 38 heavy (non-hydrogen) atoms. The van der Waals surface area contributed by atoms with Gasteiger partial charge in [0.05, 0.1) is 9.75 Å². The molecule has 0 bridgehead atoms. The molecule has 0 saturated heterocycles. The van der Waals surface area contributed by atoms with Crippen molar-refractivity contribution >= 4 is 65.6 Å². The molecule has 2 nitrogen and oxygen atoms in total. The molecule has 3 heterocycles. The van der Waals surface area contributed by atoms with E-state index < -0.39 is 0 Å². The number of hydrogen-bond donors (Lipinski definition) is 0. The molecule has 0 saturated carbocycles. The SMILES string of the molecule is CCCCC(CC)Cc1ccc(-c2nc3c(Br)ccc(Br)c3nc2-c2ccc(CC(CC)CCCC)s2)s1. The Kier molecular flexibility index (Phi) is 11.4. The first-order valence-corrected chi connectivity index (χ1v) is 17.5. The number of nitrogens with zero attached hydrogens (tertiary/aromatic N) is 2. The van der Waals surface area contributed by atoms with Gasteiger partial charge in [0, 0.05) is 18.7 Å². The topological polar surface area (TPSA) is 25.8 Å². The zero-order valence-corrected chi connectivity index (χ0v) is 28.0. The minimum absolute atomic E-state index is 0.757. The van der Waals surface area contributed by atoms with Crippen LogP contribution in [0.1, 0.15) is 88.8 Å². The fourth-order valence-corrected chi connectivity index (χ4v) is 8.14. The lowest BCUT2D eigenvalue weighted by Crippen LogP contribution is -2.01. The van der Waals surface area contributed by atoms with Gasteiger partial charge in [0.25, 0.3) is 0 Å². The highest BCUT2D eigenvalue weighted by atomic mass is 79.9. The highest BCUT2D eigenvalue weighted by Crippen LogP contribution is 2.41. The molecule has 0 aliphatic carbocycles. The monoisotopic (exact) mass is 674 g/mol. The van der Waals surface area contributed by atoms with Crippen LogP contribution in [0.2, 0.25) is 0 Å². The average Bonchev–Trinajstić information content (AvgIpc) is 3.60. The van der Waals surface area contributed by atoms with E-state index in [1.807, 2.05) is 22.7 Å². The lowest BCUT2D eigenvalue weighted by molar-refractivity contribution is 0.452. The van der Waals surface area contributed by atoms with Gasteiger partial charge < -0.3 is 0 Å². The van der Waals surface area contributed by atoms with Gasteiger partial charge in [-0.3, -0.25) is 0 Å². The molecule has 0 radical (unpaired) electrons. The third-order valence-corrected chi connectivity index (χ3v) is 11.1. The summed E-state index contributed by atoms with van der Waals surface area (Å²) in [6, 6.07) is 13.3. The van der Waals surface area contributed by atoms with Gasteiger partial charge in [-0.1, -0.05) is 79.1 Å². The normalized spacial score (nSPS) is 13.3. The van der Waals surface area contributed by atoms with Crippen molar-refractivity contribution in [3.63, 3.8) is 0 Å². The summed E-state index contributed by atoms with van der Waals surface area (Å²) in [5.74, 6) is 1.51. The molecule has 3 aromatic heterocycles. The first-order chi connectivity index (χ1) is 18.5. The summed E-state index contributed by atoms with van der Waals surface area (Å²) in [6.45, 7) is 9.24. The molecule has 204 valence electrons. The maximum absolute atomic E-state index is 5.25. The lowest BCUT2D eigenvalue weighted by Gasteiger charge is -2.13.